The molecule has 1 N–H and O–H groups in total. The average Bonchev–Trinajstić information content (AvgIpc) is 3.12. The molecular weight excluding hydrogens is 460 g/mol. The Bertz CT molecular complexity index is 1160. The number of carbonyl (C=O) groups excluding carboxylic acids is 1. The number of nitrogens with one attached hydrogen (secondary N) is 1. The van der Waals surface area contributed by atoms with Crippen LogP contribution < -0.4 is 5.43 Å². The van der Waals surface area contributed by atoms with Gasteiger partial charge in [0.25, 0.3) is 11.6 Å². The van der Waals surface area contributed by atoms with Gasteiger partial charge in [-0.3, -0.25) is 29.7 Å². The van der Waals surface area contributed by atoms with Crippen LogP contribution >= 0.6 is 15.9 Å². The molecule has 11 nitrogen and oxygen atoms in total. The van der Waals surface area contributed by atoms with Gasteiger partial charge in [-0.15, -0.1) is 0 Å². The third-order valence-corrected chi connectivity index (χ3v) is 4.34. The molecule has 3 rings (SSSR count). The standard InChI is InChI=1S/C18H13BrN6O5/c19-14-5-1-4-13(7-14)10-23-11-16(25(29)30)17(22-23)18(26)21-20-9-12-3-2-6-15(8-12)24(27)28/h1-9,11H,10H2,(H,21,26)/b20-9+. The molecule has 0 bridgehead atoms. The number of halogens is 1. The van der Waals surface area contributed by atoms with Crippen LogP contribution in [0, 0.1) is 20.2 Å². The van der Waals surface area contributed by atoms with Crippen molar-refractivity contribution >= 4 is 39.4 Å². The van der Waals surface area contributed by atoms with Crippen LogP contribution in [0.1, 0.15) is 21.6 Å². The summed E-state index contributed by atoms with van der Waals surface area (Å²) >= 11 is 3.35. The quantitative estimate of drug-likeness (QED) is 0.317. The summed E-state index contributed by atoms with van der Waals surface area (Å²) < 4.78 is 2.13. The molecule has 1 amide bonds. The second-order valence-corrected chi connectivity index (χ2v) is 6.91. The molecule has 0 aliphatic carbocycles. The average molecular weight is 473 g/mol. The van der Waals surface area contributed by atoms with Crippen LogP contribution in [0.4, 0.5) is 11.4 Å². The van der Waals surface area contributed by atoms with Crippen LogP contribution in [-0.2, 0) is 6.54 Å². The second kappa shape index (κ2) is 9.05. The molecule has 0 radical (unpaired) electrons. The third-order valence-electron chi connectivity index (χ3n) is 3.85. The van der Waals surface area contributed by atoms with Crippen LogP contribution in [0.2, 0.25) is 0 Å². The van der Waals surface area contributed by atoms with Crippen molar-refractivity contribution in [3.8, 4) is 0 Å². The van der Waals surface area contributed by atoms with Gasteiger partial charge in [-0.05, 0) is 17.7 Å². The number of nitro benzene ring substituents is 1. The van der Waals surface area contributed by atoms with Gasteiger partial charge in [0.1, 0.15) is 6.20 Å². The number of nitrogens with zero attached hydrogens (tertiary/aromatic N) is 5. The number of amides is 1. The number of hydrogen-bond donors (Lipinski definition) is 1. The summed E-state index contributed by atoms with van der Waals surface area (Å²) in [5.74, 6) is -0.878. The number of hydrogen-bond acceptors (Lipinski definition) is 7. The van der Waals surface area contributed by atoms with E-state index >= 15 is 0 Å². The highest BCUT2D eigenvalue weighted by Crippen LogP contribution is 2.19. The Morgan fingerprint density at radius 1 is 1.17 bits per heavy atom. The van der Waals surface area contributed by atoms with Crippen LogP contribution in [0.15, 0.2) is 64.3 Å². The van der Waals surface area contributed by atoms with E-state index in [-0.39, 0.29) is 12.2 Å². The smallest absolute Gasteiger partial charge is 0.265 e. The van der Waals surface area contributed by atoms with Gasteiger partial charge in [0.15, 0.2) is 0 Å². The number of non-ortho nitro benzene ring substituents is 1. The Hall–Kier alpha value is -3.93. The molecule has 0 spiro atoms. The van der Waals surface area contributed by atoms with E-state index < -0.39 is 27.1 Å². The van der Waals surface area contributed by atoms with Crippen LogP contribution in [0.3, 0.4) is 0 Å². The molecule has 0 aliphatic heterocycles. The van der Waals surface area contributed by atoms with Crippen molar-refractivity contribution in [2.24, 2.45) is 5.10 Å². The molecule has 3 aromatic rings. The van der Waals surface area contributed by atoms with Gasteiger partial charge in [0.05, 0.1) is 22.6 Å². The number of rotatable bonds is 7. The minimum atomic E-state index is -0.878. The minimum Gasteiger partial charge on any atom is -0.265 e. The molecule has 30 heavy (non-hydrogen) atoms. The van der Waals surface area contributed by atoms with E-state index in [0.29, 0.717) is 5.56 Å². The monoisotopic (exact) mass is 472 g/mol. The molecular formula is C18H13BrN6O5. The Morgan fingerprint density at radius 3 is 2.63 bits per heavy atom. The maximum absolute atomic E-state index is 12.3. The van der Waals surface area contributed by atoms with Crippen molar-refractivity contribution in [1.82, 2.24) is 15.2 Å². The summed E-state index contributed by atoms with van der Waals surface area (Å²) in [6, 6.07) is 12.9. The fraction of sp³-hybridized carbons (Fsp3) is 0.0556. The first-order valence-corrected chi connectivity index (χ1v) is 9.17. The van der Waals surface area contributed by atoms with Crippen LogP contribution in [0.25, 0.3) is 0 Å². The number of hydrazone groups is 1. The summed E-state index contributed by atoms with van der Waals surface area (Å²) in [4.78, 5) is 33.2. The summed E-state index contributed by atoms with van der Waals surface area (Å²) in [6.45, 7) is 0.227. The van der Waals surface area contributed by atoms with Crippen molar-refractivity contribution in [3.05, 3.63) is 96.2 Å². The van der Waals surface area contributed by atoms with Crippen molar-refractivity contribution in [3.63, 3.8) is 0 Å². The Balaban J connectivity index is 1.76. The first kappa shape index (κ1) is 20.8. The lowest BCUT2D eigenvalue weighted by Crippen LogP contribution is -2.19. The number of carbonyl (C=O) groups is 1. The topological polar surface area (TPSA) is 146 Å². The zero-order chi connectivity index (χ0) is 21.7. The van der Waals surface area contributed by atoms with Crippen molar-refractivity contribution in [2.45, 2.75) is 6.54 Å². The summed E-state index contributed by atoms with van der Waals surface area (Å²) in [5, 5.41) is 29.8. The molecule has 0 atom stereocenters. The van der Waals surface area contributed by atoms with Gasteiger partial charge in [-0.1, -0.05) is 40.2 Å². The lowest BCUT2D eigenvalue weighted by Gasteiger charge is -2.01. The molecule has 0 fully saturated rings. The van der Waals surface area contributed by atoms with Crippen molar-refractivity contribution in [1.29, 1.82) is 0 Å². The number of benzene rings is 2. The maximum Gasteiger partial charge on any atom is 0.320 e. The molecule has 1 heterocycles. The minimum absolute atomic E-state index is 0.132. The van der Waals surface area contributed by atoms with Crippen LogP contribution in [-0.4, -0.2) is 31.7 Å². The largest absolute Gasteiger partial charge is 0.320 e. The predicted molar refractivity (Wildman–Crippen MR) is 110 cm³/mol. The second-order valence-electron chi connectivity index (χ2n) is 6.00. The normalized spacial score (nSPS) is 10.8. The van der Waals surface area contributed by atoms with Gasteiger partial charge >= 0.3 is 5.69 Å². The fourth-order valence-electron chi connectivity index (χ4n) is 2.55. The highest BCUT2D eigenvalue weighted by atomic mass is 79.9. The van der Waals surface area contributed by atoms with E-state index in [0.717, 1.165) is 10.0 Å². The lowest BCUT2D eigenvalue weighted by molar-refractivity contribution is -0.385. The summed E-state index contributed by atoms with van der Waals surface area (Å²) in [6.07, 6.45) is 2.36. The number of aromatic nitrogens is 2. The number of nitro groups is 2. The van der Waals surface area contributed by atoms with E-state index in [1.165, 1.54) is 35.3 Å². The van der Waals surface area contributed by atoms with E-state index in [1.807, 2.05) is 24.3 Å². The van der Waals surface area contributed by atoms with Gasteiger partial charge in [0.2, 0.25) is 5.69 Å². The maximum atomic E-state index is 12.3. The highest BCUT2D eigenvalue weighted by Gasteiger charge is 2.25. The molecule has 0 unspecified atom stereocenters. The van der Waals surface area contributed by atoms with Crippen molar-refractivity contribution in [2.75, 3.05) is 0 Å². The fourth-order valence-corrected chi connectivity index (χ4v) is 2.99. The zero-order valence-electron chi connectivity index (χ0n) is 15.1. The summed E-state index contributed by atoms with van der Waals surface area (Å²) in [7, 11) is 0. The van der Waals surface area contributed by atoms with E-state index in [1.54, 1.807) is 6.07 Å². The first-order valence-electron chi connectivity index (χ1n) is 8.37. The highest BCUT2D eigenvalue weighted by molar-refractivity contribution is 9.10. The van der Waals surface area contributed by atoms with E-state index in [2.05, 4.69) is 31.6 Å². The first-order chi connectivity index (χ1) is 14.3. The molecule has 152 valence electrons. The molecule has 2 aromatic carbocycles. The van der Waals surface area contributed by atoms with Crippen LogP contribution in [0.5, 0.6) is 0 Å². The van der Waals surface area contributed by atoms with Gasteiger partial charge in [-0.25, -0.2) is 5.43 Å². The van der Waals surface area contributed by atoms with E-state index in [4.69, 9.17) is 0 Å². The Kier molecular flexibility index (Phi) is 6.27. The molecule has 0 saturated carbocycles. The Labute approximate surface area is 177 Å². The SMILES string of the molecule is O=C(N/N=C/c1cccc([N+](=O)[O-])c1)c1nn(Cc2cccc(Br)c2)cc1[N+](=O)[O-]. The zero-order valence-corrected chi connectivity index (χ0v) is 16.7. The lowest BCUT2D eigenvalue weighted by atomic mass is 10.2. The van der Waals surface area contributed by atoms with Gasteiger partial charge in [0, 0.05) is 22.2 Å². The summed E-state index contributed by atoms with van der Waals surface area (Å²) in [5.41, 5.74) is 2.36. The van der Waals surface area contributed by atoms with E-state index in [9.17, 15) is 25.0 Å². The molecule has 0 aliphatic rings. The molecule has 0 saturated heterocycles. The van der Waals surface area contributed by atoms with Crippen molar-refractivity contribution < 1.29 is 14.6 Å². The molecule has 12 heteroatoms. The van der Waals surface area contributed by atoms with Gasteiger partial charge < -0.3 is 0 Å². The van der Waals surface area contributed by atoms with Gasteiger partial charge in [-0.2, -0.15) is 10.2 Å². The third kappa shape index (κ3) is 5.11. The predicted octanol–water partition coefficient (Wildman–Crippen LogP) is 3.27. The Morgan fingerprint density at radius 2 is 1.93 bits per heavy atom. The molecule has 1 aromatic heterocycles.